The fourth-order valence-electron chi connectivity index (χ4n) is 2.31. The van der Waals surface area contributed by atoms with Crippen molar-refractivity contribution >= 4 is 5.69 Å². The standard InChI is InChI=1S/C13H20N2/c1-11(14)10-15-9-5-4-7-12-6-2-3-8-13(12)15/h2-3,6,8,11H,4-5,7,9-10,14H2,1H3/t11-/m0/s1. The predicted octanol–water partition coefficient (Wildman–Crippen LogP) is 2.18. The van der Waals surface area contributed by atoms with Gasteiger partial charge in [0.05, 0.1) is 0 Å². The Bertz CT molecular complexity index is 320. The van der Waals surface area contributed by atoms with E-state index in [0.717, 1.165) is 13.1 Å². The van der Waals surface area contributed by atoms with Gasteiger partial charge >= 0.3 is 0 Å². The van der Waals surface area contributed by atoms with E-state index in [-0.39, 0.29) is 6.04 Å². The minimum atomic E-state index is 0.246. The number of benzene rings is 1. The maximum Gasteiger partial charge on any atom is 0.0399 e. The van der Waals surface area contributed by atoms with Crippen LogP contribution in [0.25, 0.3) is 0 Å². The molecule has 0 radical (unpaired) electrons. The van der Waals surface area contributed by atoms with E-state index < -0.39 is 0 Å². The van der Waals surface area contributed by atoms with Crippen molar-refractivity contribution in [3.8, 4) is 0 Å². The van der Waals surface area contributed by atoms with Gasteiger partial charge in [-0.2, -0.15) is 0 Å². The van der Waals surface area contributed by atoms with Gasteiger partial charge in [-0.15, -0.1) is 0 Å². The fraction of sp³-hybridized carbons (Fsp3) is 0.538. The molecule has 0 aromatic heterocycles. The van der Waals surface area contributed by atoms with E-state index in [9.17, 15) is 0 Å². The first-order valence-electron chi connectivity index (χ1n) is 5.86. The highest BCUT2D eigenvalue weighted by Crippen LogP contribution is 2.25. The first kappa shape index (κ1) is 10.5. The molecule has 0 unspecified atom stereocenters. The van der Waals surface area contributed by atoms with Crippen molar-refractivity contribution in [3.63, 3.8) is 0 Å². The van der Waals surface area contributed by atoms with Crippen molar-refractivity contribution in [1.29, 1.82) is 0 Å². The Kier molecular flexibility index (Phi) is 3.27. The molecule has 0 bridgehead atoms. The lowest BCUT2D eigenvalue weighted by molar-refractivity contribution is 0.655. The molecule has 2 nitrogen and oxygen atoms in total. The molecule has 0 saturated carbocycles. The second-order valence-electron chi connectivity index (χ2n) is 4.51. The minimum Gasteiger partial charge on any atom is -0.370 e. The number of hydrogen-bond acceptors (Lipinski definition) is 2. The largest absolute Gasteiger partial charge is 0.370 e. The van der Waals surface area contributed by atoms with Crippen LogP contribution in [0.1, 0.15) is 25.3 Å². The quantitative estimate of drug-likeness (QED) is 0.800. The van der Waals surface area contributed by atoms with Crippen molar-refractivity contribution in [3.05, 3.63) is 29.8 Å². The molecule has 0 aliphatic carbocycles. The van der Waals surface area contributed by atoms with Crippen LogP contribution in [-0.2, 0) is 6.42 Å². The Morgan fingerprint density at radius 2 is 2.13 bits per heavy atom. The first-order chi connectivity index (χ1) is 7.27. The lowest BCUT2D eigenvalue weighted by atomic mass is 10.1. The Morgan fingerprint density at radius 3 is 2.93 bits per heavy atom. The predicted molar refractivity (Wildman–Crippen MR) is 65.2 cm³/mol. The van der Waals surface area contributed by atoms with Gasteiger partial charge < -0.3 is 10.6 Å². The van der Waals surface area contributed by atoms with Crippen LogP contribution in [0, 0.1) is 0 Å². The number of rotatable bonds is 2. The van der Waals surface area contributed by atoms with Crippen molar-refractivity contribution in [2.24, 2.45) is 5.73 Å². The van der Waals surface area contributed by atoms with Gasteiger partial charge in [-0.25, -0.2) is 0 Å². The summed E-state index contributed by atoms with van der Waals surface area (Å²) in [6.07, 6.45) is 3.79. The summed E-state index contributed by atoms with van der Waals surface area (Å²) < 4.78 is 0. The van der Waals surface area contributed by atoms with E-state index in [0.29, 0.717) is 0 Å². The summed E-state index contributed by atoms with van der Waals surface area (Å²) in [5, 5.41) is 0. The lowest BCUT2D eigenvalue weighted by Gasteiger charge is -2.26. The Hall–Kier alpha value is -1.02. The average molecular weight is 204 g/mol. The zero-order chi connectivity index (χ0) is 10.7. The third kappa shape index (κ3) is 2.51. The molecule has 1 aliphatic rings. The zero-order valence-electron chi connectivity index (χ0n) is 9.45. The number of anilines is 1. The van der Waals surface area contributed by atoms with Crippen LogP contribution in [0.15, 0.2) is 24.3 Å². The van der Waals surface area contributed by atoms with Crippen LogP contribution in [0.2, 0.25) is 0 Å². The maximum atomic E-state index is 5.89. The molecule has 1 aliphatic heterocycles. The average Bonchev–Trinajstić information content (AvgIpc) is 2.41. The zero-order valence-corrected chi connectivity index (χ0v) is 9.45. The van der Waals surface area contributed by atoms with Crippen LogP contribution in [0.5, 0.6) is 0 Å². The van der Waals surface area contributed by atoms with Crippen LogP contribution in [0.3, 0.4) is 0 Å². The summed E-state index contributed by atoms with van der Waals surface area (Å²) in [6, 6.07) is 8.97. The molecule has 1 aromatic carbocycles. The molecule has 1 atom stereocenters. The van der Waals surface area contributed by atoms with E-state index in [1.165, 1.54) is 30.5 Å². The van der Waals surface area contributed by atoms with Gasteiger partial charge in [-0.1, -0.05) is 18.2 Å². The second-order valence-corrected chi connectivity index (χ2v) is 4.51. The molecule has 82 valence electrons. The van der Waals surface area contributed by atoms with Gasteiger partial charge in [0.1, 0.15) is 0 Å². The molecule has 1 heterocycles. The molecule has 0 amide bonds. The summed E-state index contributed by atoms with van der Waals surface area (Å²) in [5.41, 5.74) is 8.77. The van der Waals surface area contributed by atoms with Gasteiger partial charge in [0, 0.05) is 24.8 Å². The van der Waals surface area contributed by atoms with E-state index in [2.05, 4.69) is 36.1 Å². The van der Waals surface area contributed by atoms with Gasteiger partial charge in [0.2, 0.25) is 0 Å². The molecule has 2 N–H and O–H groups in total. The van der Waals surface area contributed by atoms with Crippen molar-refractivity contribution in [1.82, 2.24) is 0 Å². The van der Waals surface area contributed by atoms with Crippen molar-refractivity contribution in [2.45, 2.75) is 32.2 Å². The van der Waals surface area contributed by atoms with E-state index in [1.54, 1.807) is 0 Å². The monoisotopic (exact) mass is 204 g/mol. The van der Waals surface area contributed by atoms with Gasteiger partial charge in [-0.05, 0) is 37.8 Å². The normalized spacial score (nSPS) is 18.1. The number of fused-ring (bicyclic) bond motifs is 1. The lowest BCUT2D eigenvalue weighted by Crippen LogP contribution is -2.36. The second kappa shape index (κ2) is 4.67. The summed E-state index contributed by atoms with van der Waals surface area (Å²) in [7, 11) is 0. The maximum absolute atomic E-state index is 5.89. The smallest absolute Gasteiger partial charge is 0.0399 e. The first-order valence-corrected chi connectivity index (χ1v) is 5.86. The number of aryl methyl sites for hydroxylation is 1. The third-order valence-corrected chi connectivity index (χ3v) is 2.96. The topological polar surface area (TPSA) is 29.3 Å². The Labute approximate surface area is 92.1 Å². The number of nitrogens with zero attached hydrogens (tertiary/aromatic N) is 1. The molecule has 0 spiro atoms. The molecule has 2 heteroatoms. The molecular weight excluding hydrogens is 184 g/mol. The Morgan fingerprint density at radius 1 is 1.33 bits per heavy atom. The fourth-order valence-corrected chi connectivity index (χ4v) is 2.31. The molecule has 1 aromatic rings. The third-order valence-electron chi connectivity index (χ3n) is 2.96. The van der Waals surface area contributed by atoms with E-state index in [1.807, 2.05) is 0 Å². The number of hydrogen-bond donors (Lipinski definition) is 1. The van der Waals surface area contributed by atoms with Crippen LogP contribution < -0.4 is 10.6 Å². The van der Waals surface area contributed by atoms with Crippen molar-refractivity contribution in [2.75, 3.05) is 18.0 Å². The molecule has 2 rings (SSSR count). The van der Waals surface area contributed by atoms with E-state index >= 15 is 0 Å². The minimum absolute atomic E-state index is 0.246. The molecule has 15 heavy (non-hydrogen) atoms. The highest BCUT2D eigenvalue weighted by molar-refractivity contribution is 5.54. The van der Waals surface area contributed by atoms with Gasteiger partial charge in [0.25, 0.3) is 0 Å². The summed E-state index contributed by atoms with van der Waals surface area (Å²) in [5.74, 6) is 0. The summed E-state index contributed by atoms with van der Waals surface area (Å²) in [6.45, 7) is 4.20. The molecule has 0 saturated heterocycles. The van der Waals surface area contributed by atoms with Gasteiger partial charge in [-0.3, -0.25) is 0 Å². The SMILES string of the molecule is C[C@H](N)CN1CCCCc2ccccc21. The summed E-state index contributed by atoms with van der Waals surface area (Å²) >= 11 is 0. The number of para-hydroxylation sites is 1. The number of nitrogens with two attached hydrogens (primary N) is 1. The summed E-state index contributed by atoms with van der Waals surface area (Å²) in [4.78, 5) is 2.44. The highest BCUT2D eigenvalue weighted by atomic mass is 15.1. The molecular formula is C13H20N2. The van der Waals surface area contributed by atoms with Gasteiger partial charge in [0.15, 0.2) is 0 Å². The van der Waals surface area contributed by atoms with E-state index in [4.69, 9.17) is 5.73 Å². The van der Waals surface area contributed by atoms with Crippen LogP contribution >= 0.6 is 0 Å². The van der Waals surface area contributed by atoms with Crippen molar-refractivity contribution < 1.29 is 0 Å². The Balaban J connectivity index is 2.24. The highest BCUT2D eigenvalue weighted by Gasteiger charge is 2.15. The van der Waals surface area contributed by atoms with Crippen LogP contribution in [0.4, 0.5) is 5.69 Å². The molecule has 0 fully saturated rings. The van der Waals surface area contributed by atoms with Crippen LogP contribution in [-0.4, -0.2) is 19.1 Å².